The van der Waals surface area contributed by atoms with Crippen LogP contribution in [0.25, 0.3) is 0 Å². The Morgan fingerprint density at radius 3 is 2.50 bits per heavy atom. The molecular formula is C7H7BrO3S. The number of rotatable bonds is 2. The largest absolute Gasteiger partial charge is 0.480 e. The minimum Gasteiger partial charge on any atom is -0.480 e. The van der Waals surface area contributed by atoms with Gasteiger partial charge in [0.15, 0.2) is 10.5 Å². The van der Waals surface area contributed by atoms with E-state index in [1.165, 1.54) is 6.92 Å². The van der Waals surface area contributed by atoms with Gasteiger partial charge in [-0.05, 0) is 22.9 Å². The highest BCUT2D eigenvalue weighted by atomic mass is 79.9. The third-order valence-corrected chi connectivity index (χ3v) is 3.88. The maximum Gasteiger partial charge on any atom is 0.328 e. The number of allylic oxidation sites excluding steroid dienone is 1. The van der Waals surface area contributed by atoms with Crippen LogP contribution in [-0.2, 0) is 9.59 Å². The average molecular weight is 251 g/mol. The number of thioether (sulfide) groups is 1. The molecule has 0 radical (unpaired) electrons. The number of aliphatic carboxylic acids is 1. The second-order valence-electron chi connectivity index (χ2n) is 2.50. The molecule has 1 unspecified atom stereocenters. The molecule has 0 saturated carbocycles. The molecule has 1 aliphatic heterocycles. The minimum atomic E-state index is -1.28. The molecule has 0 aromatic carbocycles. The predicted molar refractivity (Wildman–Crippen MR) is 50.3 cm³/mol. The van der Waals surface area contributed by atoms with Gasteiger partial charge in [0.25, 0.3) is 0 Å². The van der Waals surface area contributed by atoms with Crippen LogP contribution in [0.5, 0.6) is 0 Å². The SMILES string of the molecule is CC(=O)C1(C(=O)O)CC=C(Br)S1. The van der Waals surface area contributed by atoms with E-state index in [1.54, 1.807) is 6.08 Å². The summed E-state index contributed by atoms with van der Waals surface area (Å²) in [6.07, 6.45) is 1.98. The molecule has 0 amide bonds. The van der Waals surface area contributed by atoms with Crippen molar-refractivity contribution >= 4 is 39.4 Å². The number of halogens is 1. The van der Waals surface area contributed by atoms with Crippen molar-refractivity contribution in [1.82, 2.24) is 0 Å². The lowest BCUT2D eigenvalue weighted by Gasteiger charge is -2.18. The fourth-order valence-electron chi connectivity index (χ4n) is 0.971. The van der Waals surface area contributed by atoms with Crippen molar-refractivity contribution in [1.29, 1.82) is 0 Å². The Morgan fingerprint density at radius 2 is 2.33 bits per heavy atom. The Labute approximate surface area is 82.3 Å². The van der Waals surface area contributed by atoms with Crippen LogP contribution in [0, 0.1) is 0 Å². The summed E-state index contributed by atoms with van der Waals surface area (Å²) in [6.45, 7) is 1.31. The molecule has 0 aromatic rings. The standard InChI is InChI=1S/C7H7BrO3S/c1-4(9)7(6(10)11)3-2-5(8)12-7/h2H,3H2,1H3,(H,10,11). The lowest BCUT2D eigenvalue weighted by Crippen LogP contribution is -2.39. The molecule has 66 valence electrons. The first-order valence-electron chi connectivity index (χ1n) is 3.28. The average Bonchev–Trinajstić information content (AvgIpc) is 2.32. The minimum absolute atomic E-state index is 0.267. The molecule has 1 rings (SSSR count). The second kappa shape index (κ2) is 3.22. The van der Waals surface area contributed by atoms with Crippen molar-refractivity contribution in [3.63, 3.8) is 0 Å². The molecule has 1 atom stereocenters. The first-order chi connectivity index (χ1) is 5.49. The fourth-order valence-corrected chi connectivity index (χ4v) is 2.86. The number of hydrogen-bond acceptors (Lipinski definition) is 3. The van der Waals surface area contributed by atoms with Gasteiger partial charge in [0.1, 0.15) is 0 Å². The molecule has 0 saturated heterocycles. The quantitative estimate of drug-likeness (QED) is 0.760. The van der Waals surface area contributed by atoms with E-state index >= 15 is 0 Å². The maximum atomic E-state index is 11.1. The van der Waals surface area contributed by atoms with Crippen molar-refractivity contribution in [3.8, 4) is 0 Å². The maximum absolute atomic E-state index is 11.1. The zero-order valence-electron chi connectivity index (χ0n) is 6.33. The third kappa shape index (κ3) is 1.43. The summed E-state index contributed by atoms with van der Waals surface area (Å²) < 4.78 is -0.557. The van der Waals surface area contributed by atoms with Gasteiger partial charge in [0.05, 0.1) is 0 Å². The van der Waals surface area contributed by atoms with Gasteiger partial charge in [-0.1, -0.05) is 17.8 Å². The van der Waals surface area contributed by atoms with Crippen LogP contribution in [-0.4, -0.2) is 21.6 Å². The number of carbonyl (C=O) groups is 2. The molecule has 1 aliphatic rings. The molecule has 1 N–H and O–H groups in total. The summed E-state index contributed by atoms with van der Waals surface area (Å²) in [7, 11) is 0. The van der Waals surface area contributed by atoms with Gasteiger partial charge in [-0.3, -0.25) is 9.59 Å². The van der Waals surface area contributed by atoms with E-state index in [9.17, 15) is 9.59 Å². The summed E-state index contributed by atoms with van der Waals surface area (Å²) in [5, 5.41) is 8.86. The lowest BCUT2D eigenvalue weighted by atomic mass is 10.0. The highest BCUT2D eigenvalue weighted by molar-refractivity contribution is 9.14. The summed E-state index contributed by atoms with van der Waals surface area (Å²) in [5.41, 5.74) is 0. The Bertz CT molecular complexity index is 258. The van der Waals surface area contributed by atoms with Crippen molar-refractivity contribution in [3.05, 3.63) is 9.89 Å². The number of carbonyl (C=O) groups excluding carboxylic acids is 1. The summed E-state index contributed by atoms with van der Waals surface area (Å²) in [5.74, 6) is -1.38. The Kier molecular flexibility index (Phi) is 2.63. The first kappa shape index (κ1) is 9.80. The summed E-state index contributed by atoms with van der Waals surface area (Å²) in [6, 6.07) is 0. The highest BCUT2D eigenvalue weighted by Crippen LogP contribution is 2.45. The molecule has 0 bridgehead atoms. The topological polar surface area (TPSA) is 54.4 Å². The van der Waals surface area contributed by atoms with E-state index in [1.807, 2.05) is 0 Å². The van der Waals surface area contributed by atoms with Gasteiger partial charge in [-0.15, -0.1) is 0 Å². The Hall–Kier alpha value is -0.290. The van der Waals surface area contributed by atoms with Gasteiger partial charge in [-0.2, -0.15) is 0 Å². The number of Topliss-reactive ketones (excluding diaryl/α,β-unsaturated/α-hetero) is 1. The number of hydrogen-bond donors (Lipinski definition) is 1. The van der Waals surface area contributed by atoms with Crippen molar-refractivity contribution in [2.24, 2.45) is 0 Å². The van der Waals surface area contributed by atoms with E-state index in [0.29, 0.717) is 0 Å². The van der Waals surface area contributed by atoms with Crippen molar-refractivity contribution in [2.75, 3.05) is 0 Å². The van der Waals surface area contributed by atoms with Crippen molar-refractivity contribution in [2.45, 2.75) is 18.1 Å². The van der Waals surface area contributed by atoms with Gasteiger partial charge in [0.2, 0.25) is 0 Å². The van der Waals surface area contributed by atoms with Gasteiger partial charge in [-0.25, -0.2) is 0 Å². The fraction of sp³-hybridized carbons (Fsp3) is 0.429. The molecule has 0 fully saturated rings. The Balaban J connectivity index is 2.94. The summed E-state index contributed by atoms with van der Waals surface area (Å²) >= 11 is 4.22. The van der Waals surface area contributed by atoms with Crippen LogP contribution in [0.2, 0.25) is 0 Å². The van der Waals surface area contributed by atoms with E-state index in [4.69, 9.17) is 5.11 Å². The molecular weight excluding hydrogens is 244 g/mol. The van der Waals surface area contributed by atoms with E-state index in [-0.39, 0.29) is 12.2 Å². The zero-order chi connectivity index (χ0) is 9.35. The normalized spacial score (nSPS) is 28.3. The summed E-state index contributed by atoms with van der Waals surface area (Å²) in [4.78, 5) is 21.9. The van der Waals surface area contributed by atoms with Crippen molar-refractivity contribution < 1.29 is 14.7 Å². The van der Waals surface area contributed by atoms with Crippen LogP contribution in [0.1, 0.15) is 13.3 Å². The number of carboxylic acids is 1. The molecule has 0 aliphatic carbocycles. The lowest BCUT2D eigenvalue weighted by molar-refractivity contribution is -0.143. The number of ketones is 1. The third-order valence-electron chi connectivity index (χ3n) is 1.74. The monoisotopic (exact) mass is 250 g/mol. The zero-order valence-corrected chi connectivity index (χ0v) is 8.74. The molecule has 12 heavy (non-hydrogen) atoms. The second-order valence-corrected chi connectivity index (χ2v) is 5.22. The van der Waals surface area contributed by atoms with Crippen LogP contribution in [0.3, 0.4) is 0 Å². The van der Waals surface area contributed by atoms with Gasteiger partial charge >= 0.3 is 5.97 Å². The molecule has 0 aromatic heterocycles. The smallest absolute Gasteiger partial charge is 0.328 e. The van der Waals surface area contributed by atoms with Crippen LogP contribution in [0.15, 0.2) is 9.89 Å². The Morgan fingerprint density at radius 1 is 1.75 bits per heavy atom. The predicted octanol–water partition coefficient (Wildman–Crippen LogP) is 1.77. The number of carboxylic acid groups (broad SMARTS) is 1. The molecule has 1 heterocycles. The van der Waals surface area contributed by atoms with E-state index in [0.717, 1.165) is 15.6 Å². The van der Waals surface area contributed by atoms with Crippen LogP contribution in [0.4, 0.5) is 0 Å². The molecule has 3 nitrogen and oxygen atoms in total. The van der Waals surface area contributed by atoms with Gasteiger partial charge < -0.3 is 5.11 Å². The highest BCUT2D eigenvalue weighted by Gasteiger charge is 2.47. The first-order valence-corrected chi connectivity index (χ1v) is 4.89. The van der Waals surface area contributed by atoms with E-state index in [2.05, 4.69) is 15.9 Å². The molecule has 5 heteroatoms. The van der Waals surface area contributed by atoms with Gasteiger partial charge in [0, 0.05) is 10.2 Å². The van der Waals surface area contributed by atoms with Crippen LogP contribution >= 0.6 is 27.7 Å². The van der Waals surface area contributed by atoms with Crippen LogP contribution < -0.4 is 0 Å². The van der Waals surface area contributed by atoms with E-state index < -0.39 is 10.7 Å². The molecule has 0 spiro atoms.